The first kappa shape index (κ1) is 27.3. The molecule has 0 amide bonds. The molecular formula is C30H40N2O4. The first-order valence-corrected chi connectivity index (χ1v) is 13.2. The van der Waals surface area contributed by atoms with Gasteiger partial charge in [-0.2, -0.15) is 0 Å². The van der Waals surface area contributed by atoms with Crippen molar-refractivity contribution in [2.45, 2.75) is 77.2 Å². The quantitative estimate of drug-likeness (QED) is 0.155. The zero-order valence-electron chi connectivity index (χ0n) is 21.4. The van der Waals surface area contributed by atoms with E-state index >= 15 is 0 Å². The molecule has 0 unspecified atom stereocenters. The van der Waals surface area contributed by atoms with E-state index in [1.807, 2.05) is 12.1 Å². The lowest BCUT2D eigenvalue weighted by atomic mass is 9.84. The average molecular weight is 493 g/mol. The van der Waals surface area contributed by atoms with E-state index in [-0.39, 0.29) is 18.7 Å². The summed E-state index contributed by atoms with van der Waals surface area (Å²) >= 11 is 0. The van der Waals surface area contributed by atoms with Crippen molar-refractivity contribution in [2.75, 3.05) is 18.1 Å². The Kier molecular flexibility index (Phi) is 10.9. The number of esters is 2. The molecule has 1 saturated carbocycles. The van der Waals surface area contributed by atoms with Crippen LogP contribution in [0.25, 0.3) is 6.08 Å². The zero-order chi connectivity index (χ0) is 25.8. The molecule has 194 valence electrons. The monoisotopic (exact) mass is 492 g/mol. The summed E-state index contributed by atoms with van der Waals surface area (Å²) in [5.41, 5.74) is 15.0. The second-order valence-electron chi connectivity index (χ2n) is 9.78. The van der Waals surface area contributed by atoms with Crippen LogP contribution in [-0.2, 0) is 20.7 Å². The van der Waals surface area contributed by atoms with Gasteiger partial charge in [-0.05, 0) is 79.1 Å². The van der Waals surface area contributed by atoms with Gasteiger partial charge < -0.3 is 20.9 Å². The predicted molar refractivity (Wildman–Crippen MR) is 145 cm³/mol. The fraction of sp³-hybridized carbons (Fsp3) is 0.467. The van der Waals surface area contributed by atoms with Crippen molar-refractivity contribution in [3.05, 3.63) is 65.2 Å². The van der Waals surface area contributed by atoms with Crippen LogP contribution >= 0.6 is 0 Å². The number of carbonyl (C=O) groups excluding carboxylic acids is 2. The van der Waals surface area contributed by atoms with Gasteiger partial charge in [-0.1, -0.05) is 51.2 Å². The van der Waals surface area contributed by atoms with E-state index in [0.717, 1.165) is 42.7 Å². The van der Waals surface area contributed by atoms with Gasteiger partial charge in [0.05, 0.1) is 12.2 Å². The highest BCUT2D eigenvalue weighted by Crippen LogP contribution is 2.30. The Morgan fingerprint density at radius 2 is 1.64 bits per heavy atom. The third-order valence-corrected chi connectivity index (χ3v) is 6.76. The van der Waals surface area contributed by atoms with Crippen LogP contribution < -0.4 is 11.5 Å². The number of anilines is 2. The fourth-order valence-electron chi connectivity index (χ4n) is 4.72. The number of nitrogens with two attached hydrogens (primary N) is 2. The summed E-state index contributed by atoms with van der Waals surface area (Å²) in [7, 11) is 0. The molecule has 0 aromatic heterocycles. The molecular weight excluding hydrogens is 452 g/mol. The Morgan fingerprint density at radius 3 is 2.31 bits per heavy atom. The Balaban J connectivity index is 1.37. The van der Waals surface area contributed by atoms with Gasteiger partial charge >= 0.3 is 11.9 Å². The van der Waals surface area contributed by atoms with Gasteiger partial charge in [0.25, 0.3) is 0 Å². The molecule has 0 atom stereocenters. The predicted octanol–water partition coefficient (Wildman–Crippen LogP) is 6.34. The Hall–Kier alpha value is -3.28. The second kappa shape index (κ2) is 14.3. The minimum atomic E-state index is -0.434. The van der Waals surface area contributed by atoms with Gasteiger partial charge in [0.2, 0.25) is 0 Å². The molecule has 0 aliphatic heterocycles. The SMILES string of the molecule is CCCCCCC1CCC(OC(=O)c2ccc(C=CC(=O)OCCc3cc(N)cc(N)c3)cc2)CC1. The van der Waals surface area contributed by atoms with Crippen LogP contribution in [0, 0.1) is 5.92 Å². The first-order chi connectivity index (χ1) is 17.4. The lowest BCUT2D eigenvalue weighted by molar-refractivity contribution is -0.137. The maximum atomic E-state index is 12.6. The number of carbonyl (C=O) groups is 2. The van der Waals surface area contributed by atoms with E-state index in [4.69, 9.17) is 20.9 Å². The van der Waals surface area contributed by atoms with Crippen molar-refractivity contribution in [3.8, 4) is 0 Å². The van der Waals surface area contributed by atoms with E-state index in [2.05, 4.69) is 6.92 Å². The number of ether oxygens (including phenoxy) is 2. The van der Waals surface area contributed by atoms with Gasteiger partial charge in [-0.15, -0.1) is 0 Å². The van der Waals surface area contributed by atoms with Crippen molar-refractivity contribution in [1.82, 2.24) is 0 Å². The molecule has 2 aromatic rings. The molecule has 6 heteroatoms. The zero-order valence-corrected chi connectivity index (χ0v) is 21.4. The lowest BCUT2D eigenvalue weighted by Crippen LogP contribution is -2.24. The summed E-state index contributed by atoms with van der Waals surface area (Å²) in [5.74, 6) is 0.0698. The van der Waals surface area contributed by atoms with Gasteiger partial charge in [-0.3, -0.25) is 0 Å². The molecule has 0 saturated heterocycles. The van der Waals surface area contributed by atoms with Crippen molar-refractivity contribution in [3.63, 3.8) is 0 Å². The van der Waals surface area contributed by atoms with Crippen LogP contribution in [-0.4, -0.2) is 24.6 Å². The molecule has 1 fully saturated rings. The van der Waals surface area contributed by atoms with Crippen molar-refractivity contribution in [1.29, 1.82) is 0 Å². The Labute approximate surface area is 215 Å². The molecule has 2 aromatic carbocycles. The summed E-state index contributed by atoms with van der Waals surface area (Å²) < 4.78 is 11.0. The van der Waals surface area contributed by atoms with Gasteiger partial charge in [0.1, 0.15) is 6.10 Å². The molecule has 1 aliphatic rings. The van der Waals surface area contributed by atoms with Crippen molar-refractivity contribution < 1.29 is 19.1 Å². The van der Waals surface area contributed by atoms with Crippen LogP contribution in [0.1, 0.15) is 86.2 Å². The normalized spacial score (nSPS) is 17.7. The summed E-state index contributed by atoms with van der Waals surface area (Å²) in [6.45, 7) is 2.47. The summed E-state index contributed by atoms with van der Waals surface area (Å²) in [6, 6.07) is 12.4. The Morgan fingerprint density at radius 1 is 0.944 bits per heavy atom. The smallest absolute Gasteiger partial charge is 0.338 e. The molecule has 0 radical (unpaired) electrons. The molecule has 0 heterocycles. The summed E-state index contributed by atoms with van der Waals surface area (Å²) in [5, 5.41) is 0. The number of unbranched alkanes of at least 4 members (excludes halogenated alkanes) is 3. The van der Waals surface area contributed by atoms with Crippen LogP contribution in [0.4, 0.5) is 11.4 Å². The Bertz CT molecular complexity index is 988. The maximum Gasteiger partial charge on any atom is 0.338 e. The third kappa shape index (κ3) is 9.40. The lowest BCUT2D eigenvalue weighted by Gasteiger charge is -2.28. The minimum absolute atomic E-state index is 0.0162. The molecule has 6 nitrogen and oxygen atoms in total. The molecule has 4 N–H and O–H groups in total. The summed E-state index contributed by atoms with van der Waals surface area (Å²) in [6.07, 6.45) is 14.4. The highest BCUT2D eigenvalue weighted by molar-refractivity contribution is 5.90. The van der Waals surface area contributed by atoms with E-state index in [0.29, 0.717) is 23.4 Å². The first-order valence-electron chi connectivity index (χ1n) is 13.2. The van der Waals surface area contributed by atoms with Gasteiger partial charge in [0, 0.05) is 23.9 Å². The standard InChI is InChI=1S/C30H40N2O4/c1-2-3-4-5-6-22-9-14-28(15-10-22)36-30(34)25-12-7-23(8-13-25)11-16-29(33)35-18-17-24-19-26(31)21-27(32)20-24/h7-8,11-13,16,19-22,28H,2-6,9-10,14-15,17-18,31-32H2,1H3. The van der Waals surface area contributed by atoms with E-state index in [1.54, 1.807) is 36.4 Å². The highest BCUT2D eigenvalue weighted by Gasteiger charge is 2.24. The minimum Gasteiger partial charge on any atom is -0.462 e. The van der Waals surface area contributed by atoms with Crippen LogP contribution in [0.2, 0.25) is 0 Å². The van der Waals surface area contributed by atoms with Crippen LogP contribution in [0.5, 0.6) is 0 Å². The summed E-state index contributed by atoms with van der Waals surface area (Å²) in [4.78, 5) is 24.6. The average Bonchev–Trinajstić information content (AvgIpc) is 2.86. The number of rotatable bonds is 12. The molecule has 0 spiro atoms. The number of benzene rings is 2. The molecule has 0 bridgehead atoms. The number of hydrogen-bond acceptors (Lipinski definition) is 6. The highest BCUT2D eigenvalue weighted by atomic mass is 16.5. The number of hydrogen-bond donors (Lipinski definition) is 2. The van der Waals surface area contributed by atoms with Gasteiger partial charge in [0.15, 0.2) is 0 Å². The maximum absolute atomic E-state index is 12.6. The largest absolute Gasteiger partial charge is 0.462 e. The van der Waals surface area contributed by atoms with Crippen molar-refractivity contribution >= 4 is 29.4 Å². The van der Waals surface area contributed by atoms with E-state index in [1.165, 1.54) is 38.2 Å². The van der Waals surface area contributed by atoms with Gasteiger partial charge in [-0.25, -0.2) is 9.59 Å². The molecule has 36 heavy (non-hydrogen) atoms. The topological polar surface area (TPSA) is 105 Å². The number of nitrogen functional groups attached to an aromatic ring is 2. The van der Waals surface area contributed by atoms with E-state index in [9.17, 15) is 9.59 Å². The van der Waals surface area contributed by atoms with Crippen LogP contribution in [0.15, 0.2) is 48.5 Å². The molecule has 1 aliphatic carbocycles. The van der Waals surface area contributed by atoms with Crippen LogP contribution in [0.3, 0.4) is 0 Å². The van der Waals surface area contributed by atoms with E-state index < -0.39 is 5.97 Å². The van der Waals surface area contributed by atoms with Crippen molar-refractivity contribution in [2.24, 2.45) is 5.92 Å². The third-order valence-electron chi connectivity index (χ3n) is 6.76. The molecule has 3 rings (SSSR count). The fourth-order valence-corrected chi connectivity index (χ4v) is 4.72. The second-order valence-corrected chi connectivity index (χ2v) is 9.78.